The Hall–Kier alpha value is -4.09. The van der Waals surface area contributed by atoms with Crippen molar-refractivity contribution >= 4 is 39.1 Å². The predicted octanol–water partition coefficient (Wildman–Crippen LogP) is 5.87. The first-order valence-electron chi connectivity index (χ1n) is 12.8. The van der Waals surface area contributed by atoms with E-state index in [1.54, 1.807) is 33.5 Å². The van der Waals surface area contributed by atoms with E-state index in [0.29, 0.717) is 41.0 Å². The second-order valence-corrected chi connectivity index (χ2v) is 10.5. The topological polar surface area (TPSA) is 107 Å². The number of thiocarbonyl (C=S) groups is 1. The number of anilines is 1. The van der Waals surface area contributed by atoms with Crippen molar-refractivity contribution in [2.24, 2.45) is 0 Å². The molecule has 0 saturated heterocycles. The molecule has 0 spiro atoms. The fraction of sp³-hybridized carbons (Fsp3) is 0.233. The third kappa shape index (κ3) is 5.47. The van der Waals surface area contributed by atoms with Gasteiger partial charge in [-0.15, -0.1) is 0 Å². The van der Waals surface area contributed by atoms with Crippen LogP contribution in [0.1, 0.15) is 23.6 Å². The maximum absolute atomic E-state index is 13.2. The number of H-pyrrole nitrogens is 1. The summed E-state index contributed by atoms with van der Waals surface area (Å²) in [5.41, 5.74) is 4.90. The van der Waals surface area contributed by atoms with Crippen molar-refractivity contribution in [2.75, 3.05) is 33.8 Å². The van der Waals surface area contributed by atoms with E-state index in [1.165, 1.54) is 7.11 Å². The fourth-order valence-electron chi connectivity index (χ4n) is 5.15. The van der Waals surface area contributed by atoms with Gasteiger partial charge in [-0.2, -0.15) is 5.10 Å². The Morgan fingerprint density at radius 3 is 2.39 bits per heavy atom. The average Bonchev–Trinajstić information content (AvgIpc) is 3.31. The smallest absolute Gasteiger partial charge is 0.220 e. The molecule has 0 unspecified atom stereocenters. The van der Waals surface area contributed by atoms with Gasteiger partial charge in [-0.25, -0.2) is 0 Å². The van der Waals surface area contributed by atoms with Crippen LogP contribution in [0.3, 0.4) is 0 Å². The molecule has 212 valence electrons. The number of fused-ring (bicyclic) bond motifs is 3. The molecule has 11 heteroatoms. The predicted molar refractivity (Wildman–Crippen MR) is 166 cm³/mol. The van der Waals surface area contributed by atoms with Gasteiger partial charge in [0.15, 0.2) is 28.2 Å². The van der Waals surface area contributed by atoms with Crippen molar-refractivity contribution in [1.29, 1.82) is 0 Å². The van der Waals surface area contributed by atoms with Crippen LogP contribution in [0.2, 0.25) is 0 Å². The Kier molecular flexibility index (Phi) is 8.46. The van der Waals surface area contributed by atoms with Gasteiger partial charge in [-0.3, -0.25) is 9.89 Å². The molecule has 1 aromatic heterocycles. The maximum Gasteiger partial charge on any atom is 0.220 e. The van der Waals surface area contributed by atoms with E-state index in [4.69, 9.17) is 31.2 Å². The van der Waals surface area contributed by atoms with Gasteiger partial charge in [0.1, 0.15) is 0 Å². The zero-order chi connectivity index (χ0) is 29.1. The molecule has 0 radical (unpaired) electrons. The Labute approximate surface area is 251 Å². The first-order chi connectivity index (χ1) is 19.9. The van der Waals surface area contributed by atoms with Crippen LogP contribution in [0, 0.1) is 0 Å². The third-order valence-corrected chi connectivity index (χ3v) is 8.08. The molecule has 1 atom stereocenters. The second kappa shape index (κ2) is 12.2. The normalized spacial score (nSPS) is 13.7. The first kappa shape index (κ1) is 28.4. The number of rotatable bonds is 7. The Bertz CT molecular complexity index is 1660. The van der Waals surface area contributed by atoms with E-state index in [2.05, 4.69) is 36.8 Å². The van der Waals surface area contributed by atoms with Gasteiger partial charge in [-0.05, 0) is 75.4 Å². The van der Waals surface area contributed by atoms with Gasteiger partial charge in [0, 0.05) is 11.6 Å². The molecule has 0 aliphatic heterocycles. The molecule has 1 aliphatic rings. The highest BCUT2D eigenvalue weighted by molar-refractivity contribution is 9.10. The molecule has 0 amide bonds. The van der Waals surface area contributed by atoms with Crippen molar-refractivity contribution in [3.63, 3.8) is 0 Å². The number of hydrogen-bond acceptors (Lipinski definition) is 7. The molecule has 5 rings (SSSR count). The van der Waals surface area contributed by atoms with E-state index < -0.39 is 0 Å². The minimum atomic E-state index is -0.330. The van der Waals surface area contributed by atoms with Crippen LogP contribution in [0.5, 0.6) is 23.0 Å². The Balaban J connectivity index is 1.56. The summed E-state index contributed by atoms with van der Waals surface area (Å²) in [5, 5.41) is 14.3. The monoisotopic (exact) mass is 636 g/mol. The van der Waals surface area contributed by atoms with Crippen LogP contribution >= 0.6 is 28.1 Å². The fourth-order valence-corrected chi connectivity index (χ4v) is 6.14. The highest BCUT2D eigenvalue weighted by Gasteiger charge is 2.32. The molecular weight excluding hydrogens is 608 g/mol. The first-order valence-corrected chi connectivity index (χ1v) is 14.0. The third-order valence-electron chi connectivity index (χ3n) is 7.02. The summed E-state index contributed by atoms with van der Waals surface area (Å²) < 4.78 is 23.4. The van der Waals surface area contributed by atoms with Gasteiger partial charge < -0.3 is 29.6 Å². The lowest BCUT2D eigenvalue weighted by Crippen LogP contribution is -2.33. The van der Waals surface area contributed by atoms with Crippen LogP contribution in [0.25, 0.3) is 22.4 Å². The number of halogens is 1. The van der Waals surface area contributed by atoms with Gasteiger partial charge in [-0.1, -0.05) is 36.4 Å². The maximum atomic E-state index is 13.2. The molecule has 3 N–H and O–H groups in total. The van der Waals surface area contributed by atoms with Crippen LogP contribution in [0.4, 0.5) is 5.82 Å². The number of nitrogens with zero attached hydrogens (tertiary/aromatic N) is 1. The number of nitrogens with one attached hydrogen (secondary N) is 3. The quantitative estimate of drug-likeness (QED) is 0.215. The van der Waals surface area contributed by atoms with Crippen molar-refractivity contribution < 1.29 is 18.9 Å². The molecule has 0 fully saturated rings. The Morgan fingerprint density at radius 2 is 1.71 bits per heavy atom. The van der Waals surface area contributed by atoms with E-state index in [-0.39, 0.29) is 17.2 Å². The zero-order valence-electron chi connectivity index (χ0n) is 23.0. The van der Waals surface area contributed by atoms with Crippen molar-refractivity contribution in [3.8, 4) is 45.4 Å². The Morgan fingerprint density at radius 1 is 0.976 bits per heavy atom. The number of ether oxygens (including phenoxy) is 4. The van der Waals surface area contributed by atoms with Gasteiger partial charge in [0.05, 0.1) is 44.6 Å². The number of aromatic nitrogens is 2. The summed E-state index contributed by atoms with van der Waals surface area (Å²) in [7, 11) is 6.21. The summed E-state index contributed by atoms with van der Waals surface area (Å²) in [6.07, 6.45) is 1.23. The molecular formula is C30H29BrN4O5S. The number of hydrogen-bond donors (Lipinski definition) is 3. The van der Waals surface area contributed by atoms with Crippen LogP contribution in [-0.4, -0.2) is 43.7 Å². The standard InChI is InChI=1S/C30H29BrN4O5S/c1-37-23-13-11-17-19(14-22(23)36)20(12-10-18-25(17)27(38-2)29(40-4)28(39-3)26(18)31)32-30(41)33-24-15-21(34-35-24)16-8-6-5-7-9-16/h5-9,11,13-15,20H,10,12H2,1-4H3,(H3,32,33,34,35,41)/t20-/m0/s1. The average molecular weight is 638 g/mol. The SMILES string of the molecule is COc1c(Br)c2c(c(OC)c1OC)-c1ccc(OC)c(=O)cc1[C@@H](NC(=S)Nc1cc(-c3ccccc3)[nH]n1)CC2. The van der Waals surface area contributed by atoms with Gasteiger partial charge in [0.25, 0.3) is 0 Å². The lowest BCUT2D eigenvalue weighted by Gasteiger charge is -2.21. The van der Waals surface area contributed by atoms with Gasteiger partial charge >= 0.3 is 0 Å². The molecule has 0 saturated carbocycles. The second-order valence-electron chi connectivity index (χ2n) is 9.27. The van der Waals surface area contributed by atoms with E-state index in [1.807, 2.05) is 42.5 Å². The summed E-state index contributed by atoms with van der Waals surface area (Å²) >= 11 is 9.45. The summed E-state index contributed by atoms with van der Waals surface area (Å²) in [6, 6.07) is 16.6. The molecule has 9 nitrogen and oxygen atoms in total. The minimum absolute atomic E-state index is 0.225. The summed E-state index contributed by atoms with van der Waals surface area (Å²) in [5.74, 6) is 2.28. The van der Waals surface area contributed by atoms with E-state index in [9.17, 15) is 4.79 Å². The van der Waals surface area contributed by atoms with E-state index >= 15 is 0 Å². The van der Waals surface area contributed by atoms with Crippen LogP contribution < -0.4 is 35.0 Å². The van der Waals surface area contributed by atoms with Crippen LogP contribution in [-0.2, 0) is 6.42 Å². The molecule has 1 heterocycles. The van der Waals surface area contributed by atoms with Crippen LogP contribution in [0.15, 0.2) is 63.9 Å². The zero-order valence-corrected chi connectivity index (χ0v) is 25.4. The van der Waals surface area contributed by atoms with Crippen molar-refractivity contribution in [2.45, 2.75) is 18.9 Å². The highest BCUT2D eigenvalue weighted by atomic mass is 79.9. The molecule has 0 bridgehead atoms. The molecule has 1 aliphatic carbocycles. The number of benzene rings is 2. The summed E-state index contributed by atoms with van der Waals surface area (Å²) in [6.45, 7) is 0. The molecule has 3 aromatic carbocycles. The highest BCUT2D eigenvalue weighted by Crippen LogP contribution is 2.54. The largest absolute Gasteiger partial charge is 0.493 e. The van der Waals surface area contributed by atoms with Crippen molar-refractivity contribution in [1.82, 2.24) is 15.5 Å². The van der Waals surface area contributed by atoms with Crippen molar-refractivity contribution in [3.05, 3.63) is 80.4 Å². The summed E-state index contributed by atoms with van der Waals surface area (Å²) in [4.78, 5) is 13.2. The molecule has 41 heavy (non-hydrogen) atoms. The lowest BCUT2D eigenvalue weighted by molar-refractivity contribution is 0.323. The lowest BCUT2D eigenvalue weighted by atomic mass is 9.95. The number of aromatic amines is 1. The van der Waals surface area contributed by atoms with Gasteiger partial charge in [0.2, 0.25) is 11.2 Å². The minimum Gasteiger partial charge on any atom is -0.493 e. The number of methoxy groups -OCH3 is 4. The molecule has 4 aromatic rings. The van der Waals surface area contributed by atoms with E-state index in [0.717, 1.165) is 38.0 Å².